The van der Waals surface area contributed by atoms with Gasteiger partial charge in [0.1, 0.15) is 5.54 Å². The molecule has 3 nitrogen and oxygen atoms in total. The second-order valence-electron chi connectivity index (χ2n) is 5.07. The molecule has 0 aliphatic heterocycles. The molecule has 3 heteroatoms. The van der Waals surface area contributed by atoms with Gasteiger partial charge in [-0.3, -0.25) is 0 Å². The van der Waals surface area contributed by atoms with Crippen molar-refractivity contribution in [2.75, 3.05) is 13.2 Å². The maximum Gasteiger partial charge on any atom is 0.130 e. The molecule has 1 unspecified atom stereocenters. The molecular weight excluding hydrogens is 224 g/mol. The van der Waals surface area contributed by atoms with Crippen LogP contribution in [0.4, 0.5) is 0 Å². The van der Waals surface area contributed by atoms with Crippen LogP contribution in [-0.4, -0.2) is 18.8 Å². The van der Waals surface area contributed by atoms with Gasteiger partial charge in [0.05, 0.1) is 12.7 Å². The van der Waals surface area contributed by atoms with Gasteiger partial charge in [0, 0.05) is 6.61 Å². The number of benzene rings is 1. The summed E-state index contributed by atoms with van der Waals surface area (Å²) in [6.45, 7) is 1.03. The Morgan fingerprint density at radius 2 is 2.06 bits per heavy atom. The minimum atomic E-state index is -0.757. The van der Waals surface area contributed by atoms with Crippen LogP contribution in [0.15, 0.2) is 30.3 Å². The highest BCUT2D eigenvalue weighted by Crippen LogP contribution is 2.38. The van der Waals surface area contributed by atoms with Crippen molar-refractivity contribution >= 4 is 0 Å². The van der Waals surface area contributed by atoms with Crippen LogP contribution in [0.25, 0.3) is 0 Å². The average Bonchev–Trinajstić information content (AvgIpc) is 3.24. The zero-order valence-electron chi connectivity index (χ0n) is 10.6. The third-order valence-corrected chi connectivity index (χ3v) is 3.45. The summed E-state index contributed by atoms with van der Waals surface area (Å²) in [4.78, 5) is 0. The first-order valence-corrected chi connectivity index (χ1v) is 6.56. The topological polar surface area (TPSA) is 59.0 Å². The molecule has 0 bridgehead atoms. The summed E-state index contributed by atoms with van der Waals surface area (Å²) in [5.41, 5.74) is 6.57. The molecule has 2 rings (SSSR count). The third kappa shape index (κ3) is 3.56. The lowest BCUT2D eigenvalue weighted by atomic mass is 9.98. The average molecular weight is 244 g/mol. The zero-order valence-corrected chi connectivity index (χ0v) is 10.6. The number of rotatable bonds is 7. The first-order valence-electron chi connectivity index (χ1n) is 6.56. The van der Waals surface area contributed by atoms with E-state index in [0.29, 0.717) is 19.1 Å². The number of nitrogens with two attached hydrogens (primary N) is 1. The van der Waals surface area contributed by atoms with Crippen LogP contribution in [0, 0.1) is 17.2 Å². The zero-order chi connectivity index (χ0) is 12.8. The Balaban J connectivity index is 1.63. The molecule has 1 atom stereocenters. The van der Waals surface area contributed by atoms with Gasteiger partial charge in [-0.25, -0.2) is 0 Å². The minimum Gasteiger partial charge on any atom is -0.378 e. The van der Waals surface area contributed by atoms with E-state index in [1.165, 1.54) is 5.56 Å². The van der Waals surface area contributed by atoms with Crippen molar-refractivity contribution in [1.82, 2.24) is 0 Å². The highest BCUT2D eigenvalue weighted by molar-refractivity contribution is 5.15. The van der Waals surface area contributed by atoms with Crippen LogP contribution in [-0.2, 0) is 11.2 Å². The quantitative estimate of drug-likeness (QED) is 0.748. The van der Waals surface area contributed by atoms with Gasteiger partial charge in [0.25, 0.3) is 0 Å². The van der Waals surface area contributed by atoms with Gasteiger partial charge in [-0.15, -0.1) is 0 Å². The van der Waals surface area contributed by atoms with Crippen LogP contribution in [0.2, 0.25) is 0 Å². The number of aryl methyl sites for hydroxylation is 1. The molecule has 0 saturated heterocycles. The van der Waals surface area contributed by atoms with E-state index in [4.69, 9.17) is 15.7 Å². The summed E-state index contributed by atoms with van der Waals surface area (Å²) in [6, 6.07) is 12.5. The van der Waals surface area contributed by atoms with Crippen molar-refractivity contribution < 1.29 is 4.74 Å². The maximum atomic E-state index is 9.08. The lowest BCUT2D eigenvalue weighted by Gasteiger charge is -2.20. The predicted molar refractivity (Wildman–Crippen MR) is 70.8 cm³/mol. The number of ether oxygens (including phenoxy) is 1. The molecule has 0 radical (unpaired) electrons. The van der Waals surface area contributed by atoms with Crippen molar-refractivity contribution in [3.8, 4) is 6.07 Å². The number of nitriles is 1. The van der Waals surface area contributed by atoms with Crippen molar-refractivity contribution in [1.29, 1.82) is 5.26 Å². The standard InChI is InChI=1S/C15H20N2O/c16-11-15(17,14-8-9-14)12-18-10-4-7-13-5-2-1-3-6-13/h1-3,5-6,14H,4,7-10,12,17H2. The molecule has 1 fully saturated rings. The van der Waals surface area contributed by atoms with Crippen LogP contribution in [0.5, 0.6) is 0 Å². The van der Waals surface area contributed by atoms with Gasteiger partial charge in [0.2, 0.25) is 0 Å². The Morgan fingerprint density at radius 1 is 1.33 bits per heavy atom. The van der Waals surface area contributed by atoms with E-state index in [0.717, 1.165) is 25.7 Å². The second kappa shape index (κ2) is 5.99. The van der Waals surface area contributed by atoms with E-state index in [9.17, 15) is 0 Å². The first kappa shape index (κ1) is 13.1. The fraction of sp³-hybridized carbons (Fsp3) is 0.533. The van der Waals surface area contributed by atoms with E-state index in [1.807, 2.05) is 18.2 Å². The Morgan fingerprint density at radius 3 is 2.67 bits per heavy atom. The minimum absolute atomic E-state index is 0.344. The van der Waals surface area contributed by atoms with Crippen molar-refractivity contribution in [3.63, 3.8) is 0 Å². The lowest BCUT2D eigenvalue weighted by Crippen LogP contribution is -2.45. The van der Waals surface area contributed by atoms with Gasteiger partial charge >= 0.3 is 0 Å². The van der Waals surface area contributed by atoms with Gasteiger partial charge in [-0.2, -0.15) is 5.26 Å². The monoisotopic (exact) mass is 244 g/mol. The van der Waals surface area contributed by atoms with Gasteiger partial charge in [-0.1, -0.05) is 30.3 Å². The van der Waals surface area contributed by atoms with Crippen molar-refractivity contribution in [2.45, 2.75) is 31.2 Å². The summed E-state index contributed by atoms with van der Waals surface area (Å²) in [5.74, 6) is 0.344. The molecule has 1 aliphatic carbocycles. The fourth-order valence-electron chi connectivity index (χ4n) is 2.10. The Hall–Kier alpha value is -1.37. The highest BCUT2D eigenvalue weighted by atomic mass is 16.5. The largest absolute Gasteiger partial charge is 0.378 e. The van der Waals surface area contributed by atoms with E-state index in [1.54, 1.807) is 0 Å². The molecule has 0 amide bonds. The van der Waals surface area contributed by atoms with Crippen molar-refractivity contribution in [3.05, 3.63) is 35.9 Å². The normalized spacial score (nSPS) is 18.0. The summed E-state index contributed by atoms with van der Waals surface area (Å²) in [5, 5.41) is 9.08. The molecule has 0 aromatic heterocycles. The molecule has 0 spiro atoms. The fourth-order valence-corrected chi connectivity index (χ4v) is 2.10. The molecule has 1 saturated carbocycles. The number of nitrogens with zero attached hydrogens (tertiary/aromatic N) is 1. The summed E-state index contributed by atoms with van der Waals surface area (Å²) < 4.78 is 5.57. The van der Waals surface area contributed by atoms with Crippen LogP contribution < -0.4 is 5.73 Å². The number of hydrogen-bond donors (Lipinski definition) is 1. The van der Waals surface area contributed by atoms with E-state index >= 15 is 0 Å². The summed E-state index contributed by atoms with van der Waals surface area (Å²) in [7, 11) is 0. The van der Waals surface area contributed by atoms with Gasteiger partial charge in [0.15, 0.2) is 0 Å². The van der Waals surface area contributed by atoms with Crippen molar-refractivity contribution in [2.24, 2.45) is 11.7 Å². The number of hydrogen-bond acceptors (Lipinski definition) is 3. The van der Waals surface area contributed by atoms with E-state index < -0.39 is 5.54 Å². The smallest absolute Gasteiger partial charge is 0.130 e. The molecule has 1 aliphatic rings. The van der Waals surface area contributed by atoms with Crippen LogP contribution in [0.1, 0.15) is 24.8 Å². The third-order valence-electron chi connectivity index (χ3n) is 3.45. The molecule has 18 heavy (non-hydrogen) atoms. The Labute approximate surface area is 109 Å². The molecule has 96 valence electrons. The summed E-state index contributed by atoms with van der Waals surface area (Å²) >= 11 is 0. The lowest BCUT2D eigenvalue weighted by molar-refractivity contribution is 0.0940. The Kier molecular flexibility index (Phi) is 4.35. The molecule has 1 aromatic rings. The second-order valence-corrected chi connectivity index (χ2v) is 5.07. The maximum absolute atomic E-state index is 9.08. The molecule has 2 N–H and O–H groups in total. The van der Waals surface area contributed by atoms with Gasteiger partial charge in [-0.05, 0) is 37.2 Å². The SMILES string of the molecule is N#CC(N)(COCCCc1ccccc1)C1CC1. The Bertz CT molecular complexity index is 408. The highest BCUT2D eigenvalue weighted by Gasteiger charge is 2.42. The van der Waals surface area contributed by atoms with Gasteiger partial charge < -0.3 is 10.5 Å². The van der Waals surface area contributed by atoms with E-state index in [-0.39, 0.29) is 0 Å². The predicted octanol–water partition coefficient (Wildman–Crippen LogP) is 2.27. The first-order chi connectivity index (χ1) is 8.74. The molecule has 0 heterocycles. The van der Waals surface area contributed by atoms with E-state index in [2.05, 4.69) is 18.2 Å². The molecule has 1 aromatic carbocycles. The summed E-state index contributed by atoms with van der Waals surface area (Å²) in [6.07, 6.45) is 4.11. The van der Waals surface area contributed by atoms with Crippen LogP contribution >= 0.6 is 0 Å². The van der Waals surface area contributed by atoms with Crippen LogP contribution in [0.3, 0.4) is 0 Å². The molecular formula is C15H20N2O.